The number of halogens is 2. The van der Waals surface area contributed by atoms with Crippen molar-refractivity contribution in [2.75, 3.05) is 22.1 Å². The van der Waals surface area contributed by atoms with Gasteiger partial charge in [0.25, 0.3) is 0 Å². The first-order valence-corrected chi connectivity index (χ1v) is 26.2. The number of sulfonamides is 2. The number of aromatic nitrogens is 5. The highest BCUT2D eigenvalue weighted by Crippen LogP contribution is 2.36. The Kier molecular flexibility index (Phi) is 14.0. The third-order valence-electron chi connectivity index (χ3n) is 12.5. The molecule has 3 aliphatic rings. The minimum atomic E-state index is -3.62. The molecule has 0 unspecified atom stereocenters. The van der Waals surface area contributed by atoms with E-state index in [9.17, 15) is 16.8 Å². The van der Waals surface area contributed by atoms with Gasteiger partial charge in [0.15, 0.2) is 0 Å². The molecule has 3 heterocycles. The van der Waals surface area contributed by atoms with E-state index in [-0.39, 0.29) is 34.0 Å². The summed E-state index contributed by atoms with van der Waals surface area (Å²) in [6.07, 6.45) is 14.5. The fourth-order valence-electron chi connectivity index (χ4n) is 9.12. The van der Waals surface area contributed by atoms with E-state index in [4.69, 9.17) is 39.7 Å². The molecule has 2 fully saturated rings. The lowest BCUT2D eigenvalue weighted by Gasteiger charge is -2.30. The summed E-state index contributed by atoms with van der Waals surface area (Å²) in [6.45, 7) is 0. The molecule has 15 nitrogen and oxygen atoms in total. The summed E-state index contributed by atoms with van der Waals surface area (Å²) in [6, 6.07) is 28.4. The van der Waals surface area contributed by atoms with Crippen LogP contribution in [0.3, 0.4) is 0 Å². The number of benzene rings is 4. The summed E-state index contributed by atoms with van der Waals surface area (Å²) in [5.41, 5.74) is 19.1. The number of nitrogens with zero attached hydrogens (tertiary/aromatic N) is 4. The Morgan fingerprint density at radius 3 is 1.68 bits per heavy atom. The van der Waals surface area contributed by atoms with Crippen molar-refractivity contribution in [2.24, 2.45) is 0 Å². The molecule has 0 amide bonds. The summed E-state index contributed by atoms with van der Waals surface area (Å²) in [4.78, 5) is 21.8. The molecule has 0 bridgehead atoms. The average Bonchev–Trinajstić information content (AvgIpc) is 3.96. The molecule has 3 aliphatic carbocycles. The van der Waals surface area contributed by atoms with Gasteiger partial charge in [0.2, 0.25) is 31.9 Å². The van der Waals surface area contributed by atoms with Crippen molar-refractivity contribution in [3.63, 3.8) is 0 Å². The number of H-pyrrole nitrogens is 1. The van der Waals surface area contributed by atoms with Crippen molar-refractivity contribution < 1.29 is 16.8 Å². The summed E-state index contributed by atoms with van der Waals surface area (Å²) in [7, 11) is -7.24. The van der Waals surface area contributed by atoms with Crippen molar-refractivity contribution in [2.45, 2.75) is 91.7 Å². The molecule has 19 heteroatoms. The lowest BCUT2D eigenvalue weighted by molar-refractivity contribution is 0.384. The van der Waals surface area contributed by atoms with E-state index in [1.807, 2.05) is 42.6 Å². The fourth-order valence-corrected chi connectivity index (χ4v) is 12.1. The van der Waals surface area contributed by atoms with Gasteiger partial charge in [0, 0.05) is 63.8 Å². The van der Waals surface area contributed by atoms with Crippen LogP contribution in [0.2, 0.25) is 10.0 Å². The normalized spacial score (nSPS) is 19.4. The maximum Gasteiger partial charge on any atom is 0.240 e. The van der Waals surface area contributed by atoms with Crippen molar-refractivity contribution in [1.29, 1.82) is 0 Å². The van der Waals surface area contributed by atoms with Gasteiger partial charge in [-0.2, -0.15) is 0 Å². The van der Waals surface area contributed by atoms with Gasteiger partial charge < -0.3 is 27.1 Å². The van der Waals surface area contributed by atoms with Crippen LogP contribution < -0.4 is 31.5 Å². The summed E-state index contributed by atoms with van der Waals surface area (Å²) in [5, 5.41) is 8.78. The first-order valence-electron chi connectivity index (χ1n) is 22.5. The third kappa shape index (κ3) is 10.9. The van der Waals surface area contributed by atoms with Crippen LogP contribution in [-0.2, 0) is 26.5 Å². The Labute approximate surface area is 405 Å². The van der Waals surface area contributed by atoms with Crippen molar-refractivity contribution >= 4 is 83.0 Å². The average molecular weight is 993 g/mol. The molecule has 7 aromatic rings. The van der Waals surface area contributed by atoms with Crippen LogP contribution >= 0.6 is 23.2 Å². The zero-order valence-electron chi connectivity index (χ0n) is 36.9. The Morgan fingerprint density at radius 2 is 1.09 bits per heavy atom. The third-order valence-corrected chi connectivity index (χ3v) is 16.1. The lowest BCUT2D eigenvalue weighted by Crippen LogP contribution is -2.41. The molecular formula is C49H51Cl2N11O4S2. The Hall–Kier alpha value is -6.08. The first-order chi connectivity index (χ1) is 32.8. The number of rotatable bonds is 12. The van der Waals surface area contributed by atoms with Crippen molar-refractivity contribution in [1.82, 2.24) is 34.4 Å². The number of aromatic amines is 1. The second-order valence-corrected chi connectivity index (χ2v) is 21.5. The molecule has 3 aromatic heterocycles. The zero-order valence-corrected chi connectivity index (χ0v) is 40.0. The molecule has 68 heavy (non-hydrogen) atoms. The maximum atomic E-state index is 12.8. The predicted molar refractivity (Wildman–Crippen MR) is 270 cm³/mol. The molecule has 0 aliphatic heterocycles. The summed E-state index contributed by atoms with van der Waals surface area (Å²) < 4.78 is 56.8. The van der Waals surface area contributed by atoms with Gasteiger partial charge in [-0.05, 0) is 124 Å². The van der Waals surface area contributed by atoms with Crippen LogP contribution in [0, 0.1) is 0 Å². The number of hydrogen-bond donors (Lipinski definition) is 7. The number of nitrogens with two attached hydrogens (primary N) is 2. The number of nitrogen functional groups attached to an aromatic ring is 2. The van der Waals surface area contributed by atoms with E-state index < -0.39 is 20.0 Å². The molecule has 9 N–H and O–H groups in total. The van der Waals surface area contributed by atoms with E-state index in [0.717, 1.165) is 72.5 Å². The topological polar surface area (TPSA) is 236 Å². The highest BCUT2D eigenvalue weighted by atomic mass is 35.5. The molecule has 352 valence electrons. The number of para-hydroxylation sites is 1. The quantitative estimate of drug-likeness (QED) is 0.0568. The SMILES string of the molecule is Nc1ccc(S(=O)(=O)N[C@H]2CCC[C@@H](Nc3ncc(Cl)c(-c4c[nH]c5ccccc45)n3)C2)cc1.Nc1ccc(S(=O)(=O)N[C@H]2CCC[C@@H](Nc3ncc(Cl)c(C4=CCc5ccccc54)n3)C2)cc1. The molecule has 4 aromatic carbocycles. The smallest absolute Gasteiger partial charge is 0.240 e. The molecule has 4 atom stereocenters. The van der Waals surface area contributed by atoms with Gasteiger partial charge in [-0.15, -0.1) is 0 Å². The highest BCUT2D eigenvalue weighted by Gasteiger charge is 2.29. The Balaban J connectivity index is 0.000000170. The summed E-state index contributed by atoms with van der Waals surface area (Å²) >= 11 is 12.9. The van der Waals surface area contributed by atoms with Gasteiger partial charge in [0.1, 0.15) is 0 Å². The van der Waals surface area contributed by atoms with Gasteiger partial charge in [-0.3, -0.25) is 0 Å². The van der Waals surface area contributed by atoms with Crippen LogP contribution in [0.15, 0.2) is 132 Å². The molecule has 0 saturated heterocycles. The second-order valence-electron chi connectivity index (χ2n) is 17.3. The largest absolute Gasteiger partial charge is 0.399 e. The number of allylic oxidation sites excluding steroid dienone is 1. The maximum absolute atomic E-state index is 12.8. The second kappa shape index (κ2) is 20.3. The van der Waals surface area contributed by atoms with E-state index in [0.29, 0.717) is 57.5 Å². The van der Waals surface area contributed by atoms with Crippen LogP contribution in [0.5, 0.6) is 0 Å². The molecule has 0 radical (unpaired) electrons. The minimum absolute atomic E-state index is 0.0323. The van der Waals surface area contributed by atoms with Gasteiger partial charge in [-0.1, -0.05) is 71.7 Å². The van der Waals surface area contributed by atoms with Crippen molar-refractivity contribution in [3.05, 3.63) is 149 Å². The van der Waals surface area contributed by atoms with Gasteiger partial charge in [0.05, 0.1) is 43.6 Å². The van der Waals surface area contributed by atoms with Gasteiger partial charge in [-0.25, -0.2) is 46.2 Å². The Morgan fingerprint density at radius 1 is 0.588 bits per heavy atom. The van der Waals surface area contributed by atoms with E-state index >= 15 is 0 Å². The van der Waals surface area contributed by atoms with E-state index in [1.165, 1.54) is 29.8 Å². The first kappa shape index (κ1) is 47.0. The number of anilines is 4. The monoisotopic (exact) mass is 991 g/mol. The zero-order chi connectivity index (χ0) is 47.4. The van der Waals surface area contributed by atoms with Crippen LogP contribution in [0.1, 0.15) is 68.2 Å². The predicted octanol–water partition coefficient (Wildman–Crippen LogP) is 8.96. The highest BCUT2D eigenvalue weighted by molar-refractivity contribution is 7.89. The molecule has 10 rings (SSSR count). The number of nitrogens with one attached hydrogen (secondary N) is 5. The van der Waals surface area contributed by atoms with E-state index in [2.05, 4.69) is 58.2 Å². The molecular weight excluding hydrogens is 942 g/mol. The fraction of sp³-hybridized carbons (Fsp3) is 0.265. The minimum Gasteiger partial charge on any atom is -0.399 e. The van der Waals surface area contributed by atoms with Crippen LogP contribution in [-0.4, -0.2) is 65.9 Å². The molecule has 0 spiro atoms. The Bertz CT molecular complexity index is 3190. The van der Waals surface area contributed by atoms with Crippen molar-refractivity contribution in [3.8, 4) is 11.3 Å². The number of hydrogen-bond acceptors (Lipinski definition) is 12. The van der Waals surface area contributed by atoms with Crippen LogP contribution in [0.4, 0.5) is 23.3 Å². The molecule has 2 saturated carbocycles. The van der Waals surface area contributed by atoms with E-state index in [1.54, 1.807) is 36.7 Å². The summed E-state index contributed by atoms with van der Waals surface area (Å²) in [5.74, 6) is 0.966. The van der Waals surface area contributed by atoms with Crippen LogP contribution in [0.25, 0.3) is 27.7 Å². The number of fused-ring (bicyclic) bond motifs is 2. The van der Waals surface area contributed by atoms with Gasteiger partial charge >= 0.3 is 0 Å². The standard InChI is InChI=1S/C25H26ClN5O2S.C24H25ClN6O2S/c26-23-15-28-25(30-24(23)22-13-8-16-4-1-2-7-21(16)22)29-18-5-3-6-19(14-18)31-34(32,33)20-11-9-17(27)10-12-20;25-21-14-28-24(30-23(21)20-13-27-22-7-2-1-6-19(20)22)29-16-4-3-5-17(12-16)31-34(32,33)18-10-8-15(26)9-11-18/h1-2,4,7,9-13,15,18-19,31H,3,5-6,8,14,27H2,(H,28,29,30);1-2,6-11,13-14,16-17,27,31H,3-5,12,26H2,(H,28,29,30)/t18-,19+;16-,17+/m11/s1. The lowest BCUT2D eigenvalue weighted by atomic mass is 9.92.